The summed E-state index contributed by atoms with van der Waals surface area (Å²) in [5.74, 6) is 1.12. The maximum atomic E-state index is 12.5. The third-order valence-electron chi connectivity index (χ3n) is 5.06. The van der Waals surface area contributed by atoms with E-state index in [9.17, 15) is 4.79 Å². The van der Waals surface area contributed by atoms with Crippen molar-refractivity contribution in [1.82, 2.24) is 5.32 Å². The molecule has 0 heterocycles. The van der Waals surface area contributed by atoms with E-state index in [0.29, 0.717) is 18.3 Å². The number of hydrogen-bond donors (Lipinski definition) is 3. The van der Waals surface area contributed by atoms with Crippen molar-refractivity contribution in [3.63, 3.8) is 0 Å². The van der Waals surface area contributed by atoms with Crippen molar-refractivity contribution < 1.29 is 9.90 Å². The van der Waals surface area contributed by atoms with E-state index in [1.54, 1.807) is 0 Å². The summed E-state index contributed by atoms with van der Waals surface area (Å²) in [6.07, 6.45) is 4.07. The molecule has 0 aromatic heterocycles. The first-order valence-corrected chi connectivity index (χ1v) is 7.51. The lowest BCUT2D eigenvalue weighted by Crippen LogP contribution is -2.51. The van der Waals surface area contributed by atoms with Crippen molar-refractivity contribution in [3.05, 3.63) is 0 Å². The van der Waals surface area contributed by atoms with Crippen molar-refractivity contribution in [2.24, 2.45) is 28.9 Å². The summed E-state index contributed by atoms with van der Waals surface area (Å²) >= 11 is 0. The van der Waals surface area contributed by atoms with Gasteiger partial charge in [-0.3, -0.25) is 4.79 Å². The molecule has 2 rings (SSSR count). The quantitative estimate of drug-likeness (QED) is 0.719. The molecule has 19 heavy (non-hydrogen) atoms. The number of hydrogen-bond acceptors (Lipinski definition) is 3. The van der Waals surface area contributed by atoms with Crippen LogP contribution < -0.4 is 11.1 Å². The Morgan fingerprint density at radius 3 is 2.47 bits per heavy atom. The molecule has 0 aromatic rings. The molecule has 110 valence electrons. The molecule has 0 saturated heterocycles. The Morgan fingerprint density at radius 1 is 1.37 bits per heavy atom. The minimum atomic E-state index is -0.0416. The molecule has 2 saturated carbocycles. The zero-order valence-corrected chi connectivity index (χ0v) is 12.4. The number of rotatable bonds is 4. The molecule has 0 aromatic carbocycles. The minimum Gasteiger partial charge on any atom is -0.396 e. The number of amides is 1. The fourth-order valence-electron chi connectivity index (χ4n) is 3.84. The van der Waals surface area contributed by atoms with Crippen LogP contribution in [0.15, 0.2) is 0 Å². The second-order valence-corrected chi connectivity index (χ2v) is 7.38. The number of nitrogens with one attached hydrogen (secondary N) is 1. The van der Waals surface area contributed by atoms with Gasteiger partial charge in [-0.1, -0.05) is 20.8 Å². The molecule has 2 bridgehead atoms. The molecule has 2 fully saturated rings. The van der Waals surface area contributed by atoms with Crippen LogP contribution in [0, 0.1) is 23.2 Å². The van der Waals surface area contributed by atoms with Gasteiger partial charge in [0.05, 0.1) is 5.92 Å². The van der Waals surface area contributed by atoms with E-state index < -0.39 is 0 Å². The lowest BCUT2D eigenvalue weighted by molar-refractivity contribution is -0.128. The molecule has 0 aliphatic heterocycles. The van der Waals surface area contributed by atoms with Gasteiger partial charge in [-0.05, 0) is 42.9 Å². The zero-order valence-electron chi connectivity index (χ0n) is 12.4. The SMILES string of the molecule is CC(C)(C)C(CCO)NC(=O)C1C2CCC(C2)C1N. The second kappa shape index (κ2) is 5.41. The van der Waals surface area contributed by atoms with Gasteiger partial charge in [0.25, 0.3) is 0 Å². The van der Waals surface area contributed by atoms with Crippen LogP contribution in [0.1, 0.15) is 46.5 Å². The molecule has 0 spiro atoms. The highest BCUT2D eigenvalue weighted by atomic mass is 16.3. The Hall–Kier alpha value is -0.610. The lowest BCUT2D eigenvalue weighted by Gasteiger charge is -2.34. The summed E-state index contributed by atoms with van der Waals surface area (Å²) in [5.41, 5.74) is 6.17. The molecular formula is C15H28N2O2. The first-order valence-electron chi connectivity index (χ1n) is 7.51. The summed E-state index contributed by atoms with van der Waals surface area (Å²) < 4.78 is 0. The number of aliphatic hydroxyl groups excluding tert-OH is 1. The molecule has 2 aliphatic carbocycles. The van der Waals surface area contributed by atoms with E-state index in [1.807, 2.05) is 0 Å². The largest absolute Gasteiger partial charge is 0.396 e. The fourth-order valence-corrected chi connectivity index (χ4v) is 3.84. The van der Waals surface area contributed by atoms with Crippen LogP contribution in [0.3, 0.4) is 0 Å². The van der Waals surface area contributed by atoms with Gasteiger partial charge in [0, 0.05) is 18.7 Å². The van der Waals surface area contributed by atoms with E-state index in [-0.39, 0.29) is 35.9 Å². The third-order valence-corrected chi connectivity index (χ3v) is 5.06. The van der Waals surface area contributed by atoms with Crippen molar-refractivity contribution in [1.29, 1.82) is 0 Å². The van der Waals surface area contributed by atoms with Crippen LogP contribution >= 0.6 is 0 Å². The van der Waals surface area contributed by atoms with Gasteiger partial charge in [-0.15, -0.1) is 0 Å². The number of nitrogens with two attached hydrogens (primary N) is 1. The maximum Gasteiger partial charge on any atom is 0.225 e. The normalized spacial score (nSPS) is 35.4. The summed E-state index contributed by atoms with van der Waals surface area (Å²) in [7, 11) is 0. The average Bonchev–Trinajstić information content (AvgIpc) is 2.87. The van der Waals surface area contributed by atoms with Gasteiger partial charge in [0.1, 0.15) is 0 Å². The Balaban J connectivity index is 2.00. The molecule has 4 N–H and O–H groups in total. The first-order chi connectivity index (χ1) is 8.84. The van der Waals surface area contributed by atoms with Gasteiger partial charge >= 0.3 is 0 Å². The molecular weight excluding hydrogens is 240 g/mol. The highest BCUT2D eigenvalue weighted by Gasteiger charge is 2.49. The number of aliphatic hydroxyl groups is 1. The fraction of sp³-hybridized carbons (Fsp3) is 0.933. The second-order valence-electron chi connectivity index (χ2n) is 7.38. The predicted octanol–water partition coefficient (Wildman–Crippen LogP) is 1.27. The lowest BCUT2D eigenvalue weighted by atomic mass is 9.81. The van der Waals surface area contributed by atoms with E-state index in [0.717, 1.165) is 12.8 Å². The molecule has 2 aliphatic rings. The summed E-state index contributed by atoms with van der Waals surface area (Å²) in [4.78, 5) is 12.5. The summed E-state index contributed by atoms with van der Waals surface area (Å²) in [5, 5.41) is 12.3. The van der Waals surface area contributed by atoms with Crippen molar-refractivity contribution in [3.8, 4) is 0 Å². The maximum absolute atomic E-state index is 12.5. The monoisotopic (exact) mass is 268 g/mol. The van der Waals surface area contributed by atoms with Crippen LogP contribution in [0.5, 0.6) is 0 Å². The molecule has 0 radical (unpaired) electrons. The molecule has 5 unspecified atom stereocenters. The molecule has 4 nitrogen and oxygen atoms in total. The third kappa shape index (κ3) is 2.95. The van der Waals surface area contributed by atoms with Crippen molar-refractivity contribution >= 4 is 5.91 Å². The average molecular weight is 268 g/mol. The van der Waals surface area contributed by atoms with Gasteiger partial charge in [0.15, 0.2) is 0 Å². The summed E-state index contributed by atoms with van der Waals surface area (Å²) in [6, 6.07) is 0.0461. The van der Waals surface area contributed by atoms with Crippen LogP contribution in [0.2, 0.25) is 0 Å². The minimum absolute atomic E-state index is 0.0105. The van der Waals surface area contributed by atoms with Gasteiger partial charge in [0.2, 0.25) is 5.91 Å². The molecule has 4 heteroatoms. The summed E-state index contributed by atoms with van der Waals surface area (Å²) in [6.45, 7) is 6.38. The first kappa shape index (κ1) is 14.8. The number of carbonyl (C=O) groups is 1. The molecule has 1 amide bonds. The Bertz CT molecular complexity index is 336. The van der Waals surface area contributed by atoms with Crippen LogP contribution in [0.4, 0.5) is 0 Å². The van der Waals surface area contributed by atoms with Crippen LogP contribution in [0.25, 0.3) is 0 Å². The van der Waals surface area contributed by atoms with Crippen LogP contribution in [-0.4, -0.2) is 29.7 Å². The van der Waals surface area contributed by atoms with Gasteiger partial charge < -0.3 is 16.2 Å². The highest BCUT2D eigenvalue weighted by molar-refractivity contribution is 5.80. The number of fused-ring (bicyclic) bond motifs is 2. The predicted molar refractivity (Wildman–Crippen MR) is 75.4 cm³/mol. The Labute approximate surface area is 116 Å². The Morgan fingerprint density at radius 2 is 2.00 bits per heavy atom. The van der Waals surface area contributed by atoms with Crippen LogP contribution in [-0.2, 0) is 4.79 Å². The zero-order chi connectivity index (χ0) is 14.2. The van der Waals surface area contributed by atoms with Gasteiger partial charge in [-0.2, -0.15) is 0 Å². The standard InChI is InChI=1S/C15H28N2O2/c1-15(2,3)11(6-7-18)17-14(19)12-9-4-5-10(8-9)13(12)16/h9-13,18H,4-8,16H2,1-3H3,(H,17,19). The number of carbonyl (C=O) groups excluding carboxylic acids is 1. The topological polar surface area (TPSA) is 75.3 Å². The van der Waals surface area contributed by atoms with E-state index >= 15 is 0 Å². The molecule has 5 atom stereocenters. The van der Waals surface area contributed by atoms with Crippen molar-refractivity contribution in [2.75, 3.05) is 6.61 Å². The van der Waals surface area contributed by atoms with E-state index in [2.05, 4.69) is 26.1 Å². The van der Waals surface area contributed by atoms with Crippen molar-refractivity contribution in [2.45, 2.75) is 58.5 Å². The van der Waals surface area contributed by atoms with E-state index in [1.165, 1.54) is 6.42 Å². The Kier molecular flexibility index (Phi) is 4.21. The smallest absolute Gasteiger partial charge is 0.225 e. The van der Waals surface area contributed by atoms with Gasteiger partial charge in [-0.25, -0.2) is 0 Å². The van der Waals surface area contributed by atoms with E-state index in [4.69, 9.17) is 10.8 Å². The highest BCUT2D eigenvalue weighted by Crippen LogP contribution is 2.47.